The fourth-order valence-electron chi connectivity index (χ4n) is 1.48. The molecule has 0 fully saturated rings. The van der Waals surface area contributed by atoms with Crippen LogP contribution in [0.4, 0.5) is 4.39 Å². The van der Waals surface area contributed by atoms with Crippen molar-refractivity contribution in [3.05, 3.63) is 29.8 Å². The molecule has 2 rings (SSSR count). The summed E-state index contributed by atoms with van der Waals surface area (Å²) in [5, 5.41) is 12.0. The van der Waals surface area contributed by atoms with Crippen molar-refractivity contribution >= 4 is 11.8 Å². The summed E-state index contributed by atoms with van der Waals surface area (Å²) in [6.45, 7) is 0.379. The Morgan fingerprint density at radius 3 is 2.85 bits per heavy atom. The van der Waals surface area contributed by atoms with Crippen LogP contribution in [0.2, 0.25) is 0 Å². The van der Waals surface area contributed by atoms with Crippen LogP contribution in [0.1, 0.15) is 5.56 Å². The van der Waals surface area contributed by atoms with Crippen LogP contribution in [-0.2, 0) is 21.8 Å². The minimum absolute atomic E-state index is 0.360. The van der Waals surface area contributed by atoms with Crippen LogP contribution in [-0.4, -0.2) is 45.7 Å². The molecular weight excluding hydrogens is 285 g/mol. The third-order valence-corrected chi connectivity index (χ3v) is 3.50. The van der Waals surface area contributed by atoms with Crippen molar-refractivity contribution in [2.75, 3.05) is 14.2 Å². The molecule has 0 aromatic carbocycles. The Hall–Kier alpha value is -1.58. The second-order valence-electron chi connectivity index (χ2n) is 3.84. The van der Waals surface area contributed by atoms with Gasteiger partial charge >= 0.3 is 0 Å². The van der Waals surface area contributed by atoms with E-state index in [1.807, 2.05) is 0 Å². The second-order valence-corrected chi connectivity index (χ2v) is 4.79. The normalized spacial score (nSPS) is 11.2. The maximum atomic E-state index is 13.0. The molecule has 2 aromatic heterocycles. The third kappa shape index (κ3) is 3.95. The zero-order valence-electron chi connectivity index (χ0n) is 11.1. The third-order valence-electron chi connectivity index (χ3n) is 2.48. The molecule has 2 aromatic rings. The summed E-state index contributed by atoms with van der Waals surface area (Å²) in [5.41, 5.74) is 0.764. The van der Waals surface area contributed by atoms with Gasteiger partial charge in [0.25, 0.3) is 0 Å². The highest BCUT2D eigenvalue weighted by molar-refractivity contribution is 7.98. The van der Waals surface area contributed by atoms with E-state index < -0.39 is 6.29 Å². The van der Waals surface area contributed by atoms with Crippen molar-refractivity contribution in [1.82, 2.24) is 25.2 Å². The lowest BCUT2D eigenvalue weighted by molar-refractivity contribution is -0.113. The van der Waals surface area contributed by atoms with Crippen molar-refractivity contribution in [3.63, 3.8) is 0 Å². The molecule has 0 aliphatic rings. The van der Waals surface area contributed by atoms with Crippen LogP contribution in [0.15, 0.2) is 23.6 Å². The van der Waals surface area contributed by atoms with Gasteiger partial charge in [0.1, 0.15) is 5.82 Å². The molecule has 20 heavy (non-hydrogen) atoms. The molecule has 0 unspecified atom stereocenters. The number of thioether (sulfide) groups is 1. The van der Waals surface area contributed by atoms with Crippen LogP contribution in [0.3, 0.4) is 0 Å². The number of methoxy groups -OCH3 is 2. The predicted octanol–water partition coefficient (Wildman–Crippen LogP) is 1.12. The molecule has 0 saturated carbocycles. The summed E-state index contributed by atoms with van der Waals surface area (Å²) >= 11 is 1.39. The maximum absolute atomic E-state index is 13.0. The number of halogens is 1. The molecule has 108 valence electrons. The van der Waals surface area contributed by atoms with Gasteiger partial charge in [-0.1, -0.05) is 11.8 Å². The number of tetrazole rings is 1. The smallest absolute Gasteiger partial charge is 0.209 e. The van der Waals surface area contributed by atoms with Crippen LogP contribution in [0, 0.1) is 5.82 Å². The minimum Gasteiger partial charge on any atom is -0.354 e. The Bertz CT molecular complexity index is 549. The summed E-state index contributed by atoms with van der Waals surface area (Å²) in [6.07, 6.45) is 2.35. The van der Waals surface area contributed by atoms with E-state index in [1.54, 1.807) is 25.1 Å². The fraction of sp³-hybridized carbons (Fsp3) is 0.455. The first kappa shape index (κ1) is 14.8. The average molecular weight is 299 g/mol. The Morgan fingerprint density at radius 1 is 1.35 bits per heavy atom. The van der Waals surface area contributed by atoms with E-state index >= 15 is 0 Å². The first-order valence-corrected chi connectivity index (χ1v) is 6.75. The summed E-state index contributed by atoms with van der Waals surface area (Å²) in [4.78, 5) is 3.79. The summed E-state index contributed by atoms with van der Waals surface area (Å²) in [5.74, 6) is 0.164. The van der Waals surface area contributed by atoms with E-state index in [1.165, 1.54) is 24.0 Å². The van der Waals surface area contributed by atoms with Crippen LogP contribution >= 0.6 is 11.8 Å². The van der Waals surface area contributed by atoms with Crippen molar-refractivity contribution in [2.24, 2.45) is 0 Å². The van der Waals surface area contributed by atoms with Gasteiger partial charge in [-0.25, -0.2) is 9.07 Å². The van der Waals surface area contributed by atoms with E-state index in [0.29, 0.717) is 17.5 Å². The van der Waals surface area contributed by atoms with Gasteiger partial charge in [-0.3, -0.25) is 4.98 Å². The topological polar surface area (TPSA) is 75.0 Å². The lowest BCUT2D eigenvalue weighted by Gasteiger charge is -2.13. The lowest BCUT2D eigenvalue weighted by atomic mass is 10.3. The van der Waals surface area contributed by atoms with Gasteiger partial charge in [-0.05, 0) is 22.1 Å². The molecule has 0 atom stereocenters. The zero-order valence-corrected chi connectivity index (χ0v) is 11.9. The Labute approximate surface area is 119 Å². The molecule has 2 heterocycles. The quantitative estimate of drug-likeness (QED) is 0.560. The molecule has 0 aliphatic carbocycles. The predicted molar refractivity (Wildman–Crippen MR) is 69.4 cm³/mol. The highest BCUT2D eigenvalue weighted by Gasteiger charge is 2.13. The van der Waals surface area contributed by atoms with Gasteiger partial charge in [0, 0.05) is 26.2 Å². The highest BCUT2D eigenvalue weighted by Crippen LogP contribution is 2.20. The Morgan fingerprint density at radius 2 is 2.15 bits per heavy atom. The molecule has 7 nitrogen and oxygen atoms in total. The van der Waals surface area contributed by atoms with Crippen LogP contribution in [0.5, 0.6) is 0 Å². The molecule has 0 amide bonds. The number of pyridine rings is 1. The first-order chi connectivity index (χ1) is 9.72. The molecule has 0 radical (unpaired) electrons. The average Bonchev–Trinajstić information content (AvgIpc) is 2.90. The molecule has 0 N–H and O–H groups in total. The molecule has 9 heteroatoms. The SMILES string of the molecule is COC(Cn1nnnc1SCc1cncc(F)c1)OC. The van der Waals surface area contributed by atoms with E-state index in [0.717, 1.165) is 5.56 Å². The Balaban J connectivity index is 1.98. The van der Waals surface area contributed by atoms with Gasteiger partial charge in [0.05, 0.1) is 12.7 Å². The zero-order chi connectivity index (χ0) is 14.4. The van der Waals surface area contributed by atoms with E-state index in [-0.39, 0.29) is 5.82 Å². The standard InChI is InChI=1S/C11H14FN5O2S/c1-18-10(19-2)6-17-11(14-15-16-17)20-7-8-3-9(12)5-13-4-8/h3-5,10H,6-7H2,1-2H3. The molecule has 0 aliphatic heterocycles. The van der Waals surface area contributed by atoms with Gasteiger partial charge in [-0.15, -0.1) is 5.10 Å². The van der Waals surface area contributed by atoms with E-state index in [4.69, 9.17) is 9.47 Å². The first-order valence-electron chi connectivity index (χ1n) is 5.77. The van der Waals surface area contributed by atoms with Gasteiger partial charge in [0.15, 0.2) is 6.29 Å². The number of rotatable bonds is 7. The number of hydrogen-bond donors (Lipinski definition) is 0. The molecule has 0 spiro atoms. The number of ether oxygens (including phenoxy) is 2. The largest absolute Gasteiger partial charge is 0.354 e. The number of aromatic nitrogens is 5. The molecular formula is C11H14FN5O2S. The number of nitrogens with zero attached hydrogens (tertiary/aromatic N) is 5. The lowest BCUT2D eigenvalue weighted by Crippen LogP contribution is -2.21. The van der Waals surface area contributed by atoms with Gasteiger partial charge in [0.2, 0.25) is 5.16 Å². The van der Waals surface area contributed by atoms with Crippen molar-refractivity contribution < 1.29 is 13.9 Å². The maximum Gasteiger partial charge on any atom is 0.209 e. The molecule has 0 saturated heterocycles. The Kier molecular flexibility index (Phi) is 5.39. The summed E-state index contributed by atoms with van der Waals surface area (Å²) in [7, 11) is 3.09. The van der Waals surface area contributed by atoms with Gasteiger partial charge in [-0.2, -0.15) is 0 Å². The van der Waals surface area contributed by atoms with Crippen molar-refractivity contribution in [3.8, 4) is 0 Å². The second kappa shape index (κ2) is 7.27. The summed E-state index contributed by atoms with van der Waals surface area (Å²) < 4.78 is 24.8. The fourth-order valence-corrected chi connectivity index (χ4v) is 2.29. The van der Waals surface area contributed by atoms with Crippen molar-refractivity contribution in [2.45, 2.75) is 23.7 Å². The summed E-state index contributed by atoms with van der Waals surface area (Å²) in [6, 6.07) is 1.43. The van der Waals surface area contributed by atoms with E-state index in [9.17, 15) is 4.39 Å². The monoisotopic (exact) mass is 299 g/mol. The molecule has 0 bridgehead atoms. The van der Waals surface area contributed by atoms with Crippen LogP contribution < -0.4 is 0 Å². The van der Waals surface area contributed by atoms with Crippen molar-refractivity contribution in [1.29, 1.82) is 0 Å². The van der Waals surface area contributed by atoms with E-state index in [2.05, 4.69) is 20.5 Å². The van der Waals surface area contributed by atoms with Gasteiger partial charge < -0.3 is 9.47 Å². The minimum atomic E-state index is -0.423. The van der Waals surface area contributed by atoms with Crippen LogP contribution in [0.25, 0.3) is 0 Å². The highest BCUT2D eigenvalue weighted by atomic mass is 32.2. The number of hydrogen-bond acceptors (Lipinski definition) is 7.